The molecule has 110 valence electrons. The van der Waals surface area contributed by atoms with Gasteiger partial charge in [-0.1, -0.05) is 35.9 Å². The number of rotatable bonds is 3. The Bertz CT molecular complexity index is 789. The van der Waals surface area contributed by atoms with Crippen molar-refractivity contribution in [3.8, 4) is 5.69 Å². The molecule has 1 heterocycles. The average Bonchev–Trinajstić information content (AvgIpc) is 2.89. The van der Waals surface area contributed by atoms with Gasteiger partial charge in [-0.2, -0.15) is 5.10 Å². The standard InChI is InChI=1S/C18H17N3O/c1-13-8-10-16(11-9-13)21-17(12-14(2)20-21)19-18(22)15-6-4-3-5-7-15/h3-12H,1-2H3,(H,19,22). The largest absolute Gasteiger partial charge is 0.306 e. The smallest absolute Gasteiger partial charge is 0.256 e. The first-order chi connectivity index (χ1) is 10.6. The monoisotopic (exact) mass is 291 g/mol. The third-order valence-corrected chi connectivity index (χ3v) is 3.39. The summed E-state index contributed by atoms with van der Waals surface area (Å²) >= 11 is 0. The molecule has 4 heteroatoms. The second-order valence-corrected chi connectivity index (χ2v) is 5.24. The molecule has 3 rings (SSSR count). The van der Waals surface area contributed by atoms with Crippen LogP contribution >= 0.6 is 0 Å². The summed E-state index contributed by atoms with van der Waals surface area (Å²) in [4.78, 5) is 12.3. The van der Waals surface area contributed by atoms with E-state index in [-0.39, 0.29) is 5.91 Å². The zero-order valence-corrected chi connectivity index (χ0v) is 12.6. The SMILES string of the molecule is Cc1ccc(-n2nc(C)cc2NC(=O)c2ccccc2)cc1. The number of aromatic nitrogens is 2. The van der Waals surface area contributed by atoms with E-state index < -0.39 is 0 Å². The molecule has 1 amide bonds. The van der Waals surface area contributed by atoms with Crippen LogP contribution in [0, 0.1) is 13.8 Å². The van der Waals surface area contributed by atoms with Crippen molar-refractivity contribution in [1.82, 2.24) is 9.78 Å². The molecule has 2 aromatic carbocycles. The minimum Gasteiger partial charge on any atom is -0.306 e. The number of benzene rings is 2. The van der Waals surface area contributed by atoms with Crippen LogP contribution in [-0.2, 0) is 0 Å². The summed E-state index contributed by atoms with van der Waals surface area (Å²) in [6.45, 7) is 3.94. The molecule has 22 heavy (non-hydrogen) atoms. The minimum absolute atomic E-state index is 0.145. The normalized spacial score (nSPS) is 10.5. The molecule has 0 spiro atoms. The van der Waals surface area contributed by atoms with Crippen LogP contribution in [0.4, 0.5) is 5.82 Å². The van der Waals surface area contributed by atoms with Crippen LogP contribution in [0.2, 0.25) is 0 Å². The van der Waals surface area contributed by atoms with E-state index in [4.69, 9.17) is 0 Å². The lowest BCUT2D eigenvalue weighted by Gasteiger charge is -2.09. The Hall–Kier alpha value is -2.88. The molecule has 1 aromatic heterocycles. The Balaban J connectivity index is 1.92. The number of nitrogens with zero attached hydrogens (tertiary/aromatic N) is 2. The van der Waals surface area contributed by atoms with Crippen molar-refractivity contribution in [2.75, 3.05) is 5.32 Å². The number of anilines is 1. The van der Waals surface area contributed by atoms with Crippen molar-refractivity contribution in [1.29, 1.82) is 0 Å². The van der Waals surface area contributed by atoms with Crippen molar-refractivity contribution in [2.24, 2.45) is 0 Å². The van der Waals surface area contributed by atoms with Gasteiger partial charge < -0.3 is 5.32 Å². The van der Waals surface area contributed by atoms with Crippen LogP contribution in [0.15, 0.2) is 60.7 Å². The van der Waals surface area contributed by atoms with Crippen LogP contribution in [0.1, 0.15) is 21.6 Å². The number of carbonyl (C=O) groups excluding carboxylic acids is 1. The molecule has 0 aliphatic rings. The first-order valence-corrected chi connectivity index (χ1v) is 7.13. The number of nitrogens with one attached hydrogen (secondary N) is 1. The topological polar surface area (TPSA) is 46.9 Å². The van der Waals surface area contributed by atoms with Crippen molar-refractivity contribution < 1.29 is 4.79 Å². The highest BCUT2D eigenvalue weighted by Gasteiger charge is 2.12. The van der Waals surface area contributed by atoms with Crippen molar-refractivity contribution in [3.05, 3.63) is 77.5 Å². The average molecular weight is 291 g/mol. The lowest BCUT2D eigenvalue weighted by atomic mass is 10.2. The predicted molar refractivity (Wildman–Crippen MR) is 87.4 cm³/mol. The molecular formula is C18H17N3O. The molecular weight excluding hydrogens is 274 g/mol. The van der Waals surface area contributed by atoms with E-state index >= 15 is 0 Å². The number of carbonyl (C=O) groups is 1. The summed E-state index contributed by atoms with van der Waals surface area (Å²) in [5.41, 5.74) is 3.57. The van der Waals surface area contributed by atoms with E-state index in [2.05, 4.69) is 10.4 Å². The van der Waals surface area contributed by atoms with E-state index in [0.717, 1.165) is 11.4 Å². The molecule has 0 unspecified atom stereocenters. The molecule has 0 atom stereocenters. The highest BCUT2D eigenvalue weighted by atomic mass is 16.1. The first kappa shape index (κ1) is 14.1. The summed E-state index contributed by atoms with van der Waals surface area (Å²) in [7, 11) is 0. The van der Waals surface area contributed by atoms with Gasteiger partial charge in [-0.15, -0.1) is 0 Å². The fraction of sp³-hybridized carbons (Fsp3) is 0.111. The molecule has 1 N–H and O–H groups in total. The fourth-order valence-corrected chi connectivity index (χ4v) is 2.25. The van der Waals surface area contributed by atoms with Crippen LogP contribution in [0.3, 0.4) is 0 Å². The second-order valence-electron chi connectivity index (χ2n) is 5.24. The highest BCUT2D eigenvalue weighted by molar-refractivity contribution is 6.03. The Labute approximate surface area is 129 Å². The summed E-state index contributed by atoms with van der Waals surface area (Å²) in [6, 6.07) is 19.0. The molecule has 0 saturated heterocycles. The van der Waals surface area contributed by atoms with Gasteiger partial charge in [0.25, 0.3) is 5.91 Å². The van der Waals surface area contributed by atoms with Gasteiger partial charge in [0.15, 0.2) is 0 Å². The van der Waals surface area contributed by atoms with Crippen molar-refractivity contribution in [3.63, 3.8) is 0 Å². The number of amides is 1. The van der Waals surface area contributed by atoms with Crippen LogP contribution in [0.5, 0.6) is 0 Å². The van der Waals surface area contributed by atoms with E-state index in [9.17, 15) is 4.79 Å². The van der Waals surface area contributed by atoms with E-state index in [0.29, 0.717) is 11.4 Å². The van der Waals surface area contributed by atoms with Crippen LogP contribution in [-0.4, -0.2) is 15.7 Å². The van der Waals surface area contributed by atoms with E-state index in [1.807, 2.05) is 62.4 Å². The molecule has 0 aliphatic heterocycles. The lowest BCUT2D eigenvalue weighted by Crippen LogP contribution is -2.15. The molecule has 0 radical (unpaired) electrons. The predicted octanol–water partition coefficient (Wildman–Crippen LogP) is 3.74. The minimum atomic E-state index is -0.145. The van der Waals surface area contributed by atoms with Gasteiger partial charge in [0.05, 0.1) is 11.4 Å². The summed E-state index contributed by atoms with van der Waals surface area (Å²) in [6.07, 6.45) is 0. The molecule has 0 saturated carbocycles. The maximum absolute atomic E-state index is 12.3. The Morgan fingerprint density at radius 1 is 1.00 bits per heavy atom. The number of aryl methyl sites for hydroxylation is 2. The lowest BCUT2D eigenvalue weighted by molar-refractivity contribution is 0.102. The maximum Gasteiger partial charge on any atom is 0.256 e. The molecule has 0 fully saturated rings. The van der Waals surface area contributed by atoms with Crippen LogP contribution < -0.4 is 5.32 Å². The van der Waals surface area contributed by atoms with Gasteiger partial charge in [0, 0.05) is 11.6 Å². The van der Waals surface area contributed by atoms with Gasteiger partial charge in [-0.25, -0.2) is 4.68 Å². The summed E-state index contributed by atoms with van der Waals surface area (Å²) in [5.74, 6) is 0.518. The Morgan fingerprint density at radius 2 is 1.68 bits per heavy atom. The molecule has 0 aliphatic carbocycles. The maximum atomic E-state index is 12.3. The van der Waals surface area contributed by atoms with Crippen LogP contribution in [0.25, 0.3) is 5.69 Å². The van der Waals surface area contributed by atoms with Gasteiger partial charge >= 0.3 is 0 Å². The molecule has 0 bridgehead atoms. The summed E-state index contributed by atoms with van der Waals surface area (Å²) in [5, 5.41) is 7.38. The second kappa shape index (κ2) is 5.85. The molecule has 4 nitrogen and oxygen atoms in total. The quantitative estimate of drug-likeness (QED) is 0.799. The van der Waals surface area contributed by atoms with E-state index in [1.54, 1.807) is 16.8 Å². The third-order valence-electron chi connectivity index (χ3n) is 3.39. The van der Waals surface area contributed by atoms with Gasteiger partial charge in [-0.05, 0) is 38.1 Å². The van der Waals surface area contributed by atoms with E-state index in [1.165, 1.54) is 5.56 Å². The van der Waals surface area contributed by atoms with Gasteiger partial charge in [0.1, 0.15) is 5.82 Å². The third kappa shape index (κ3) is 2.91. The Kier molecular flexibility index (Phi) is 3.74. The van der Waals surface area contributed by atoms with Gasteiger partial charge in [-0.3, -0.25) is 4.79 Å². The number of hydrogen-bond donors (Lipinski definition) is 1. The Morgan fingerprint density at radius 3 is 2.36 bits per heavy atom. The van der Waals surface area contributed by atoms with Crippen molar-refractivity contribution >= 4 is 11.7 Å². The van der Waals surface area contributed by atoms with Crippen molar-refractivity contribution in [2.45, 2.75) is 13.8 Å². The summed E-state index contributed by atoms with van der Waals surface area (Å²) < 4.78 is 1.75. The zero-order chi connectivity index (χ0) is 15.5. The highest BCUT2D eigenvalue weighted by Crippen LogP contribution is 2.18. The fourth-order valence-electron chi connectivity index (χ4n) is 2.25. The van der Waals surface area contributed by atoms with Gasteiger partial charge in [0.2, 0.25) is 0 Å². The zero-order valence-electron chi connectivity index (χ0n) is 12.6. The number of hydrogen-bond acceptors (Lipinski definition) is 2. The first-order valence-electron chi connectivity index (χ1n) is 7.13. The molecule has 3 aromatic rings.